The average molecular weight is 593 g/mol. The first kappa shape index (κ1) is 36.1. The Bertz CT molecular complexity index is 958. The summed E-state index contributed by atoms with van der Waals surface area (Å²) in [7, 11) is 0. The molecular formula is C23H36N4O12S. The zero-order valence-electron chi connectivity index (χ0n) is 22.0. The quantitative estimate of drug-likeness (QED) is 0.0737. The molecule has 0 unspecified atom stereocenters. The number of carbonyl (C=O) groups excluding carboxylic acids is 4. The molecule has 40 heavy (non-hydrogen) atoms. The average Bonchev–Trinajstić information content (AvgIpc) is 2.84. The number of aliphatic carboxylic acids is 4. The van der Waals surface area contributed by atoms with Crippen molar-refractivity contribution in [2.45, 2.75) is 83.0 Å². The fraction of sp³-hybridized carbons (Fsp3) is 0.652. The van der Waals surface area contributed by atoms with E-state index in [0.29, 0.717) is 0 Å². The SMILES string of the molecule is CC(C)C[C@H](NC(=O)CCC(=O)O)C(=O)N[C@@H](CCC(=O)O)C(=O)N[C@@H](CCC(=O)O)C(=O)N[C@@H](CS)C(=O)O. The van der Waals surface area contributed by atoms with Gasteiger partial charge in [0.05, 0.1) is 6.42 Å². The Balaban J connectivity index is 5.85. The molecule has 0 aromatic heterocycles. The largest absolute Gasteiger partial charge is 0.481 e. The second-order valence-corrected chi connectivity index (χ2v) is 9.58. The molecule has 4 atom stereocenters. The molecule has 0 bridgehead atoms. The maximum atomic E-state index is 13.1. The van der Waals surface area contributed by atoms with Gasteiger partial charge in [0.15, 0.2) is 0 Å². The molecule has 0 aromatic carbocycles. The van der Waals surface area contributed by atoms with Crippen molar-refractivity contribution in [3.8, 4) is 0 Å². The van der Waals surface area contributed by atoms with Gasteiger partial charge in [-0.1, -0.05) is 13.8 Å². The molecule has 17 heteroatoms. The third kappa shape index (κ3) is 15.5. The minimum atomic E-state index is -1.56. The molecule has 0 rings (SSSR count). The molecule has 0 aliphatic heterocycles. The molecule has 0 saturated heterocycles. The Labute approximate surface area is 235 Å². The van der Waals surface area contributed by atoms with Crippen molar-refractivity contribution in [2.75, 3.05) is 5.75 Å². The Hall–Kier alpha value is -3.89. The van der Waals surface area contributed by atoms with Crippen molar-refractivity contribution in [1.29, 1.82) is 0 Å². The van der Waals surface area contributed by atoms with Gasteiger partial charge in [0.1, 0.15) is 24.2 Å². The van der Waals surface area contributed by atoms with Gasteiger partial charge in [-0.2, -0.15) is 12.6 Å². The molecule has 4 amide bonds. The highest BCUT2D eigenvalue weighted by atomic mass is 32.1. The lowest BCUT2D eigenvalue weighted by atomic mass is 10.0. The monoisotopic (exact) mass is 592 g/mol. The minimum absolute atomic E-state index is 0.0852. The van der Waals surface area contributed by atoms with E-state index in [1.54, 1.807) is 13.8 Å². The molecule has 226 valence electrons. The van der Waals surface area contributed by atoms with E-state index in [1.807, 2.05) is 0 Å². The number of hydrogen-bond acceptors (Lipinski definition) is 9. The third-order valence-electron chi connectivity index (χ3n) is 5.28. The number of hydrogen-bond donors (Lipinski definition) is 9. The van der Waals surface area contributed by atoms with E-state index >= 15 is 0 Å². The van der Waals surface area contributed by atoms with E-state index in [2.05, 4.69) is 33.9 Å². The van der Waals surface area contributed by atoms with E-state index in [1.165, 1.54) is 0 Å². The van der Waals surface area contributed by atoms with Gasteiger partial charge in [0, 0.05) is 25.0 Å². The van der Waals surface area contributed by atoms with E-state index in [0.717, 1.165) is 0 Å². The number of amides is 4. The number of nitrogens with one attached hydrogen (secondary N) is 4. The van der Waals surface area contributed by atoms with Gasteiger partial charge in [-0.25, -0.2) is 4.79 Å². The number of carbonyl (C=O) groups is 8. The molecule has 0 aromatic rings. The second-order valence-electron chi connectivity index (χ2n) is 9.21. The number of carboxylic acids is 4. The summed E-state index contributed by atoms with van der Waals surface area (Å²) in [4.78, 5) is 95.0. The Morgan fingerprint density at radius 1 is 0.575 bits per heavy atom. The molecule has 0 aliphatic carbocycles. The van der Waals surface area contributed by atoms with Crippen LogP contribution in [-0.2, 0) is 38.4 Å². The van der Waals surface area contributed by atoms with Crippen LogP contribution in [0.5, 0.6) is 0 Å². The van der Waals surface area contributed by atoms with Crippen LogP contribution in [0.3, 0.4) is 0 Å². The smallest absolute Gasteiger partial charge is 0.327 e. The topological polar surface area (TPSA) is 266 Å². The zero-order chi connectivity index (χ0) is 31.0. The minimum Gasteiger partial charge on any atom is -0.481 e. The van der Waals surface area contributed by atoms with Gasteiger partial charge in [-0.15, -0.1) is 0 Å². The molecule has 0 radical (unpaired) electrons. The summed E-state index contributed by atoms with van der Waals surface area (Å²) < 4.78 is 0. The molecular weight excluding hydrogens is 556 g/mol. The summed E-state index contributed by atoms with van der Waals surface area (Å²) in [6, 6.07) is -5.77. The van der Waals surface area contributed by atoms with Crippen LogP contribution in [0.2, 0.25) is 0 Å². The van der Waals surface area contributed by atoms with Crippen LogP contribution in [0.15, 0.2) is 0 Å². The van der Waals surface area contributed by atoms with Crippen LogP contribution in [0.4, 0.5) is 0 Å². The van der Waals surface area contributed by atoms with Crippen LogP contribution in [0.25, 0.3) is 0 Å². The van der Waals surface area contributed by atoms with Gasteiger partial charge in [0.25, 0.3) is 0 Å². The predicted octanol–water partition coefficient (Wildman–Crippen LogP) is -1.42. The third-order valence-corrected chi connectivity index (χ3v) is 5.65. The lowest BCUT2D eigenvalue weighted by molar-refractivity contribution is -0.142. The maximum absolute atomic E-state index is 13.1. The first-order valence-electron chi connectivity index (χ1n) is 12.3. The van der Waals surface area contributed by atoms with Crippen molar-refractivity contribution in [3.63, 3.8) is 0 Å². The summed E-state index contributed by atoms with van der Waals surface area (Å²) in [6.45, 7) is 3.47. The molecule has 8 N–H and O–H groups in total. The number of rotatable bonds is 20. The van der Waals surface area contributed by atoms with Crippen molar-refractivity contribution >= 4 is 60.1 Å². The van der Waals surface area contributed by atoms with Crippen molar-refractivity contribution in [2.24, 2.45) is 5.92 Å². The highest BCUT2D eigenvalue weighted by Crippen LogP contribution is 2.09. The van der Waals surface area contributed by atoms with Gasteiger partial charge >= 0.3 is 23.9 Å². The summed E-state index contributed by atoms with van der Waals surface area (Å²) in [5, 5.41) is 45.0. The summed E-state index contributed by atoms with van der Waals surface area (Å²) in [5.74, 6) is -9.45. The molecule has 0 saturated carbocycles. The van der Waals surface area contributed by atoms with Crippen LogP contribution >= 0.6 is 12.6 Å². The fourth-order valence-electron chi connectivity index (χ4n) is 3.27. The van der Waals surface area contributed by atoms with Crippen molar-refractivity contribution < 1.29 is 58.8 Å². The first-order valence-corrected chi connectivity index (χ1v) is 12.9. The van der Waals surface area contributed by atoms with E-state index in [4.69, 9.17) is 20.4 Å². The van der Waals surface area contributed by atoms with Gasteiger partial charge in [-0.3, -0.25) is 33.6 Å². The number of thiol groups is 1. The Morgan fingerprint density at radius 2 is 0.975 bits per heavy atom. The van der Waals surface area contributed by atoms with E-state index in [-0.39, 0.29) is 18.1 Å². The summed E-state index contributed by atoms with van der Waals surface area (Å²) in [6.07, 6.45) is -2.91. The van der Waals surface area contributed by atoms with Gasteiger partial charge < -0.3 is 41.7 Å². The molecule has 0 spiro atoms. The normalized spacial score (nSPS) is 13.7. The van der Waals surface area contributed by atoms with E-state index in [9.17, 15) is 38.4 Å². The molecule has 0 heterocycles. The maximum Gasteiger partial charge on any atom is 0.327 e. The molecule has 0 fully saturated rings. The zero-order valence-corrected chi connectivity index (χ0v) is 22.9. The van der Waals surface area contributed by atoms with Crippen LogP contribution in [0, 0.1) is 5.92 Å². The van der Waals surface area contributed by atoms with Crippen molar-refractivity contribution in [3.05, 3.63) is 0 Å². The second kappa shape index (κ2) is 18.4. The Kier molecular flexibility index (Phi) is 16.6. The molecule has 16 nitrogen and oxygen atoms in total. The van der Waals surface area contributed by atoms with Crippen molar-refractivity contribution in [1.82, 2.24) is 21.3 Å². The van der Waals surface area contributed by atoms with Gasteiger partial charge in [0.2, 0.25) is 23.6 Å². The van der Waals surface area contributed by atoms with Crippen LogP contribution < -0.4 is 21.3 Å². The van der Waals surface area contributed by atoms with E-state index < -0.39 is 110 Å². The fourth-order valence-corrected chi connectivity index (χ4v) is 3.51. The highest BCUT2D eigenvalue weighted by molar-refractivity contribution is 7.80. The van der Waals surface area contributed by atoms with Gasteiger partial charge in [-0.05, 0) is 25.2 Å². The van der Waals surface area contributed by atoms with Crippen LogP contribution in [0.1, 0.15) is 58.8 Å². The highest BCUT2D eigenvalue weighted by Gasteiger charge is 2.32. The summed E-state index contributed by atoms with van der Waals surface area (Å²) in [5.41, 5.74) is 0. The molecule has 0 aliphatic rings. The summed E-state index contributed by atoms with van der Waals surface area (Å²) >= 11 is 3.82. The lowest BCUT2D eigenvalue weighted by Crippen LogP contribution is -2.58. The number of carboxylic acid groups (broad SMARTS) is 4. The lowest BCUT2D eigenvalue weighted by Gasteiger charge is -2.26. The first-order chi connectivity index (χ1) is 18.6. The Morgan fingerprint density at radius 3 is 1.32 bits per heavy atom. The standard InChI is InChI=1S/C23H36N4O12S/c1-11(2)9-14(24-16(28)5-8-19(33)34)22(37)26-12(3-6-17(29)30)20(35)25-13(4-7-18(31)32)21(36)27-15(10-40)23(38)39/h11-15,40H,3-10H2,1-2H3,(H,24,28)(H,25,35)(H,26,37)(H,27,36)(H,29,30)(H,31,32)(H,33,34)(H,38,39)/t12-,13-,14-,15-/m0/s1. The van der Waals surface area contributed by atoms with Crippen LogP contribution in [-0.4, -0.2) is 97.9 Å². The predicted molar refractivity (Wildman–Crippen MR) is 139 cm³/mol.